The fraction of sp³-hybridized carbons (Fsp3) is 0.444. The third-order valence-electron chi connectivity index (χ3n) is 3.50. The Hall–Kier alpha value is -2.08. The largest absolute Gasteiger partial charge is 0.478 e. The number of ether oxygens (including phenoxy) is 1. The molecule has 0 aliphatic heterocycles. The van der Waals surface area contributed by atoms with Gasteiger partial charge in [-0.1, -0.05) is 12.1 Å². The first kappa shape index (κ1) is 18.3. The van der Waals surface area contributed by atoms with Crippen LogP contribution in [0.5, 0.6) is 5.88 Å². The summed E-state index contributed by atoms with van der Waals surface area (Å²) in [5, 5.41) is 5.47. The van der Waals surface area contributed by atoms with Gasteiger partial charge in [-0.25, -0.2) is 9.98 Å². The van der Waals surface area contributed by atoms with E-state index in [2.05, 4.69) is 46.7 Å². The second-order valence-electron chi connectivity index (χ2n) is 5.32. The molecule has 0 saturated carbocycles. The van der Waals surface area contributed by atoms with Gasteiger partial charge in [0.25, 0.3) is 0 Å². The number of thiophene rings is 1. The zero-order chi connectivity index (χ0) is 17.2. The minimum Gasteiger partial charge on any atom is -0.478 e. The van der Waals surface area contributed by atoms with Gasteiger partial charge >= 0.3 is 0 Å². The van der Waals surface area contributed by atoms with Crippen LogP contribution in [0.3, 0.4) is 0 Å². The van der Waals surface area contributed by atoms with E-state index in [9.17, 15) is 0 Å². The van der Waals surface area contributed by atoms with E-state index < -0.39 is 0 Å². The van der Waals surface area contributed by atoms with Gasteiger partial charge in [0.2, 0.25) is 5.88 Å². The highest BCUT2D eigenvalue weighted by Crippen LogP contribution is 2.15. The van der Waals surface area contributed by atoms with Crippen LogP contribution in [0.25, 0.3) is 0 Å². The summed E-state index contributed by atoms with van der Waals surface area (Å²) in [4.78, 5) is 12.6. The van der Waals surface area contributed by atoms with Gasteiger partial charge in [-0.3, -0.25) is 0 Å². The van der Waals surface area contributed by atoms with Crippen molar-refractivity contribution in [2.24, 2.45) is 4.99 Å². The van der Waals surface area contributed by atoms with Gasteiger partial charge in [0.15, 0.2) is 5.96 Å². The van der Waals surface area contributed by atoms with Crippen molar-refractivity contribution < 1.29 is 4.74 Å². The van der Waals surface area contributed by atoms with Gasteiger partial charge < -0.3 is 15.0 Å². The van der Waals surface area contributed by atoms with Crippen molar-refractivity contribution in [2.75, 3.05) is 26.7 Å². The lowest BCUT2D eigenvalue weighted by Crippen LogP contribution is -2.39. The smallest absolute Gasteiger partial charge is 0.218 e. The summed E-state index contributed by atoms with van der Waals surface area (Å²) in [5.74, 6) is 1.57. The molecule has 1 N–H and O–H groups in total. The molecule has 24 heavy (non-hydrogen) atoms. The second-order valence-corrected chi connectivity index (χ2v) is 6.35. The standard InChI is InChI=1S/C18H26N4OS/c1-4-19-18(22(3)12-10-16-9-7-13-24-16)21-14-15-8-6-11-20-17(15)23-5-2/h6-9,11,13H,4-5,10,12,14H2,1-3H3,(H,19,21). The molecule has 0 aliphatic carbocycles. The van der Waals surface area contributed by atoms with Crippen molar-refractivity contribution in [3.05, 3.63) is 46.3 Å². The number of aliphatic imine (C=N–C) groups is 1. The van der Waals surface area contributed by atoms with Crippen LogP contribution in [0.1, 0.15) is 24.3 Å². The van der Waals surface area contributed by atoms with Gasteiger partial charge in [0.05, 0.1) is 13.2 Å². The molecule has 0 unspecified atom stereocenters. The van der Waals surface area contributed by atoms with E-state index in [-0.39, 0.29) is 0 Å². The van der Waals surface area contributed by atoms with E-state index in [0.29, 0.717) is 19.0 Å². The number of pyridine rings is 1. The van der Waals surface area contributed by atoms with E-state index in [0.717, 1.165) is 31.0 Å². The summed E-state index contributed by atoms with van der Waals surface area (Å²) in [5.41, 5.74) is 1.00. The normalized spacial score (nSPS) is 11.4. The first-order valence-corrected chi connectivity index (χ1v) is 9.21. The summed E-state index contributed by atoms with van der Waals surface area (Å²) in [6.07, 6.45) is 2.77. The van der Waals surface area contributed by atoms with Crippen molar-refractivity contribution in [3.8, 4) is 5.88 Å². The molecule has 2 aromatic heterocycles. The topological polar surface area (TPSA) is 49.8 Å². The maximum absolute atomic E-state index is 5.57. The van der Waals surface area contributed by atoms with Gasteiger partial charge in [-0.05, 0) is 37.8 Å². The fourth-order valence-electron chi connectivity index (χ4n) is 2.28. The quantitative estimate of drug-likeness (QED) is 0.589. The van der Waals surface area contributed by atoms with Crippen LogP contribution < -0.4 is 10.1 Å². The molecule has 5 nitrogen and oxygen atoms in total. The molecule has 0 radical (unpaired) electrons. The Bertz CT molecular complexity index is 628. The Morgan fingerprint density at radius 1 is 1.33 bits per heavy atom. The predicted molar refractivity (Wildman–Crippen MR) is 101 cm³/mol. The second kappa shape index (κ2) is 9.93. The Morgan fingerprint density at radius 3 is 2.92 bits per heavy atom. The Morgan fingerprint density at radius 2 is 2.21 bits per heavy atom. The highest BCUT2D eigenvalue weighted by atomic mass is 32.1. The molecule has 6 heteroatoms. The molecular formula is C18H26N4OS. The maximum Gasteiger partial charge on any atom is 0.218 e. The lowest BCUT2D eigenvalue weighted by molar-refractivity contribution is 0.323. The van der Waals surface area contributed by atoms with Crippen LogP contribution in [0.15, 0.2) is 40.8 Å². The zero-order valence-electron chi connectivity index (χ0n) is 14.7. The van der Waals surface area contributed by atoms with Crippen LogP contribution in [-0.4, -0.2) is 42.6 Å². The third-order valence-corrected chi connectivity index (χ3v) is 4.44. The summed E-state index contributed by atoms with van der Waals surface area (Å²) < 4.78 is 5.57. The zero-order valence-corrected chi connectivity index (χ0v) is 15.5. The first-order valence-electron chi connectivity index (χ1n) is 8.33. The molecule has 0 atom stereocenters. The Balaban J connectivity index is 2.01. The lowest BCUT2D eigenvalue weighted by Gasteiger charge is -2.22. The summed E-state index contributed by atoms with van der Waals surface area (Å²) >= 11 is 1.80. The molecular weight excluding hydrogens is 320 g/mol. The fourth-order valence-corrected chi connectivity index (χ4v) is 2.98. The van der Waals surface area contributed by atoms with Gasteiger partial charge in [-0.15, -0.1) is 11.3 Å². The molecule has 0 aliphatic rings. The van der Waals surface area contributed by atoms with Crippen LogP contribution >= 0.6 is 11.3 Å². The summed E-state index contributed by atoms with van der Waals surface area (Å²) in [7, 11) is 2.07. The van der Waals surface area contributed by atoms with Crippen LogP contribution in [0.2, 0.25) is 0 Å². The van der Waals surface area contributed by atoms with Crippen molar-refractivity contribution in [1.82, 2.24) is 15.2 Å². The number of aromatic nitrogens is 1. The van der Waals surface area contributed by atoms with Crippen molar-refractivity contribution in [2.45, 2.75) is 26.8 Å². The average Bonchev–Trinajstić information content (AvgIpc) is 3.11. The van der Waals surface area contributed by atoms with Crippen LogP contribution in [-0.2, 0) is 13.0 Å². The summed E-state index contributed by atoms with van der Waals surface area (Å²) in [6, 6.07) is 8.20. The van der Waals surface area contributed by atoms with E-state index in [4.69, 9.17) is 9.73 Å². The summed E-state index contributed by atoms with van der Waals surface area (Å²) in [6.45, 7) is 6.97. The number of rotatable bonds is 8. The molecule has 2 aromatic rings. The average molecular weight is 347 g/mol. The number of hydrogen-bond donors (Lipinski definition) is 1. The van der Waals surface area contributed by atoms with E-state index in [1.807, 2.05) is 19.1 Å². The number of nitrogens with zero attached hydrogens (tertiary/aromatic N) is 3. The highest BCUT2D eigenvalue weighted by molar-refractivity contribution is 7.09. The molecule has 130 valence electrons. The van der Waals surface area contributed by atoms with Crippen molar-refractivity contribution >= 4 is 17.3 Å². The van der Waals surface area contributed by atoms with Crippen LogP contribution in [0.4, 0.5) is 0 Å². The van der Waals surface area contributed by atoms with Gasteiger partial charge in [-0.2, -0.15) is 0 Å². The maximum atomic E-state index is 5.57. The molecule has 2 rings (SSSR count). The number of likely N-dealkylation sites (N-methyl/N-ethyl adjacent to an activating group) is 1. The minimum absolute atomic E-state index is 0.550. The first-order chi connectivity index (χ1) is 11.7. The monoisotopic (exact) mass is 346 g/mol. The van der Waals surface area contributed by atoms with E-state index in [1.54, 1.807) is 17.5 Å². The van der Waals surface area contributed by atoms with Crippen molar-refractivity contribution in [1.29, 1.82) is 0 Å². The van der Waals surface area contributed by atoms with Gasteiger partial charge in [0.1, 0.15) is 0 Å². The van der Waals surface area contributed by atoms with Crippen molar-refractivity contribution in [3.63, 3.8) is 0 Å². The van der Waals surface area contributed by atoms with Gasteiger partial charge in [0, 0.05) is 36.8 Å². The SMILES string of the molecule is CCNC(=NCc1cccnc1OCC)N(C)CCc1cccs1. The number of guanidine groups is 1. The van der Waals surface area contributed by atoms with E-state index >= 15 is 0 Å². The molecule has 0 aromatic carbocycles. The highest BCUT2D eigenvalue weighted by Gasteiger charge is 2.08. The molecule has 0 fully saturated rings. The third kappa shape index (κ3) is 5.53. The number of hydrogen-bond acceptors (Lipinski definition) is 4. The minimum atomic E-state index is 0.550. The predicted octanol–water partition coefficient (Wildman–Crippen LogP) is 3.18. The molecule has 2 heterocycles. The van der Waals surface area contributed by atoms with Crippen LogP contribution in [0, 0.1) is 0 Å². The van der Waals surface area contributed by atoms with E-state index in [1.165, 1.54) is 4.88 Å². The molecule has 0 saturated heterocycles. The Kier molecular flexibility index (Phi) is 7.55. The Labute approximate surface area is 148 Å². The molecule has 0 amide bonds. The molecule has 0 bridgehead atoms. The number of nitrogens with one attached hydrogen (secondary N) is 1. The molecule has 0 spiro atoms. The lowest BCUT2D eigenvalue weighted by atomic mass is 10.3.